The van der Waals surface area contributed by atoms with E-state index in [1.54, 1.807) is 18.2 Å². The quantitative estimate of drug-likeness (QED) is 0.271. The van der Waals surface area contributed by atoms with E-state index in [2.05, 4.69) is 44.5 Å². The monoisotopic (exact) mass is 451 g/mol. The zero-order valence-corrected chi connectivity index (χ0v) is 18.3. The molecule has 0 radical (unpaired) electrons. The number of para-hydroxylation sites is 1. The Labute approximate surface area is 195 Å². The largest absolute Gasteiger partial charge is 0.493 e. The molecule has 0 aliphatic carbocycles. The molecule has 5 aromatic rings. The molecule has 2 heterocycles. The molecule has 168 valence electrons. The number of ether oxygens (including phenoxy) is 1. The van der Waals surface area contributed by atoms with Crippen molar-refractivity contribution in [2.24, 2.45) is 10.2 Å². The first-order chi connectivity index (χ1) is 16.6. The third-order valence-corrected chi connectivity index (χ3v) is 5.38. The van der Waals surface area contributed by atoms with Gasteiger partial charge in [0, 0.05) is 10.9 Å². The molecule has 0 aliphatic rings. The number of aryl methyl sites for hydroxylation is 1. The molecule has 0 saturated carbocycles. The van der Waals surface area contributed by atoms with Crippen molar-refractivity contribution < 1.29 is 14.6 Å². The van der Waals surface area contributed by atoms with Gasteiger partial charge in [0.1, 0.15) is 18.1 Å². The van der Waals surface area contributed by atoms with Gasteiger partial charge in [-0.25, -0.2) is 0 Å². The summed E-state index contributed by atoms with van der Waals surface area (Å²) in [5.74, 6) is -0.00211. The second-order valence-electron chi connectivity index (χ2n) is 7.84. The molecule has 2 aromatic heterocycles. The summed E-state index contributed by atoms with van der Waals surface area (Å²) in [6.45, 7) is 2.53. The van der Waals surface area contributed by atoms with Crippen LogP contribution in [0.5, 0.6) is 11.6 Å². The number of rotatable bonds is 6. The maximum Gasteiger partial charge on any atom is 0.313 e. The van der Waals surface area contributed by atoms with E-state index in [1.165, 1.54) is 5.56 Å². The van der Waals surface area contributed by atoms with Crippen molar-refractivity contribution in [1.29, 1.82) is 0 Å². The second-order valence-corrected chi connectivity index (χ2v) is 7.84. The first kappa shape index (κ1) is 21.1. The minimum atomic E-state index is -0.596. The highest BCUT2D eigenvalue weighted by atomic mass is 16.5. The molecule has 0 saturated heterocycles. The lowest BCUT2D eigenvalue weighted by atomic mass is 10.1. The smallest absolute Gasteiger partial charge is 0.313 e. The fraction of sp³-hybridized carbons (Fsp3) is 0.0769. The third kappa shape index (κ3) is 4.42. The lowest BCUT2D eigenvalue weighted by Crippen LogP contribution is -1.95. The molecule has 0 bridgehead atoms. The van der Waals surface area contributed by atoms with Crippen LogP contribution >= 0.6 is 0 Å². The summed E-state index contributed by atoms with van der Waals surface area (Å²) in [7, 11) is 0. The van der Waals surface area contributed by atoms with Crippen LogP contribution in [0, 0.1) is 6.92 Å². The Morgan fingerprint density at radius 3 is 2.59 bits per heavy atom. The van der Waals surface area contributed by atoms with Crippen molar-refractivity contribution in [3.63, 3.8) is 0 Å². The average Bonchev–Trinajstić information content (AvgIpc) is 3.47. The highest BCUT2D eigenvalue weighted by Crippen LogP contribution is 2.35. The standard InChI is InChI=1S/C26H21N5O3/c1-16-6-8-17(9-7-16)15-34-19-12-10-18(11-13-19)22-14-23(29-28-22)25(32)31-30-24-20-4-2-3-5-21(20)27-26(24)33/h2-14,27,33H,15H2,1H3,(H,28,29). The predicted molar refractivity (Wildman–Crippen MR) is 128 cm³/mol. The van der Waals surface area contributed by atoms with Crippen LogP contribution in [0.4, 0.5) is 5.69 Å². The van der Waals surface area contributed by atoms with E-state index in [4.69, 9.17) is 4.74 Å². The molecule has 8 heteroatoms. The highest BCUT2D eigenvalue weighted by molar-refractivity contribution is 5.96. The van der Waals surface area contributed by atoms with Crippen LogP contribution in [0.15, 0.2) is 89.1 Å². The fourth-order valence-electron chi connectivity index (χ4n) is 3.52. The van der Waals surface area contributed by atoms with E-state index in [0.29, 0.717) is 23.2 Å². The van der Waals surface area contributed by atoms with Gasteiger partial charge in [-0.05, 0) is 48.9 Å². The highest BCUT2D eigenvalue weighted by Gasteiger charge is 2.13. The van der Waals surface area contributed by atoms with Crippen LogP contribution in [0.3, 0.4) is 0 Å². The van der Waals surface area contributed by atoms with E-state index < -0.39 is 5.91 Å². The Morgan fingerprint density at radius 2 is 1.79 bits per heavy atom. The number of carbonyl (C=O) groups is 1. The minimum absolute atomic E-state index is 0.146. The molecule has 1 amide bonds. The molecular formula is C26H21N5O3. The van der Waals surface area contributed by atoms with Crippen LogP contribution in [0.25, 0.3) is 22.2 Å². The first-order valence-corrected chi connectivity index (χ1v) is 10.7. The van der Waals surface area contributed by atoms with Crippen molar-refractivity contribution in [1.82, 2.24) is 15.2 Å². The number of hydrogen-bond donors (Lipinski definition) is 3. The molecule has 5 rings (SSSR count). The zero-order valence-electron chi connectivity index (χ0n) is 18.3. The molecule has 3 aromatic carbocycles. The number of nitrogens with one attached hydrogen (secondary N) is 2. The maximum absolute atomic E-state index is 12.5. The zero-order chi connectivity index (χ0) is 23.5. The van der Waals surface area contributed by atoms with Crippen molar-refractivity contribution in [3.05, 3.63) is 95.7 Å². The van der Waals surface area contributed by atoms with E-state index in [1.807, 2.05) is 48.5 Å². The lowest BCUT2D eigenvalue weighted by Gasteiger charge is -2.07. The normalized spacial score (nSPS) is 11.3. The van der Waals surface area contributed by atoms with Gasteiger partial charge in [-0.2, -0.15) is 5.10 Å². The number of aromatic amines is 2. The number of H-pyrrole nitrogens is 2. The van der Waals surface area contributed by atoms with Gasteiger partial charge < -0.3 is 14.8 Å². The van der Waals surface area contributed by atoms with Gasteiger partial charge in [0.25, 0.3) is 0 Å². The number of carbonyl (C=O) groups excluding carboxylic acids is 1. The minimum Gasteiger partial charge on any atom is -0.493 e. The Balaban J connectivity index is 1.25. The predicted octanol–water partition coefficient (Wildman–Crippen LogP) is 6.08. The Bertz CT molecular complexity index is 1480. The summed E-state index contributed by atoms with van der Waals surface area (Å²) >= 11 is 0. The molecule has 8 nitrogen and oxygen atoms in total. The van der Waals surface area contributed by atoms with Gasteiger partial charge in [-0.1, -0.05) is 48.0 Å². The molecule has 0 atom stereocenters. The molecule has 0 unspecified atom stereocenters. The second kappa shape index (κ2) is 9.03. The third-order valence-electron chi connectivity index (χ3n) is 5.38. The summed E-state index contributed by atoms with van der Waals surface area (Å²) in [4.78, 5) is 15.3. The van der Waals surface area contributed by atoms with Crippen molar-refractivity contribution in [3.8, 4) is 22.9 Å². The summed E-state index contributed by atoms with van der Waals surface area (Å²) < 4.78 is 5.84. The number of aromatic hydroxyl groups is 1. The van der Waals surface area contributed by atoms with E-state index in [0.717, 1.165) is 16.9 Å². The van der Waals surface area contributed by atoms with E-state index >= 15 is 0 Å². The van der Waals surface area contributed by atoms with Gasteiger partial charge in [0.2, 0.25) is 5.88 Å². The van der Waals surface area contributed by atoms with E-state index in [9.17, 15) is 9.90 Å². The van der Waals surface area contributed by atoms with Gasteiger partial charge in [0.05, 0.1) is 11.2 Å². The van der Waals surface area contributed by atoms with Crippen LogP contribution in [0.1, 0.15) is 21.6 Å². The summed E-state index contributed by atoms with van der Waals surface area (Å²) in [5.41, 5.74) is 4.84. The number of nitrogens with zero attached hydrogens (tertiary/aromatic N) is 3. The van der Waals surface area contributed by atoms with Crippen molar-refractivity contribution >= 4 is 22.5 Å². The number of aromatic nitrogens is 3. The number of benzene rings is 3. The molecule has 0 spiro atoms. The molecule has 34 heavy (non-hydrogen) atoms. The van der Waals surface area contributed by atoms with Crippen molar-refractivity contribution in [2.45, 2.75) is 13.5 Å². The SMILES string of the molecule is Cc1ccc(COc2ccc(-c3cc(C(=O)N=Nc4c(O)[nH]c5ccccc45)[nH]n3)cc2)cc1. The topological polar surface area (TPSA) is 116 Å². The van der Waals surface area contributed by atoms with Gasteiger partial charge in [0.15, 0.2) is 5.69 Å². The summed E-state index contributed by atoms with van der Waals surface area (Å²) in [6, 6.07) is 24.5. The Kier molecular flexibility index (Phi) is 5.61. The van der Waals surface area contributed by atoms with Crippen LogP contribution in [-0.4, -0.2) is 26.2 Å². The Hall–Kier alpha value is -4.72. The fourth-order valence-corrected chi connectivity index (χ4v) is 3.52. The molecular weight excluding hydrogens is 430 g/mol. The number of hydrogen-bond acceptors (Lipinski definition) is 5. The van der Waals surface area contributed by atoms with Crippen LogP contribution in [-0.2, 0) is 6.61 Å². The van der Waals surface area contributed by atoms with Gasteiger partial charge >= 0.3 is 5.91 Å². The number of amides is 1. The Morgan fingerprint density at radius 1 is 1.03 bits per heavy atom. The van der Waals surface area contributed by atoms with Crippen LogP contribution < -0.4 is 4.74 Å². The molecule has 0 fully saturated rings. The average molecular weight is 451 g/mol. The summed E-state index contributed by atoms with van der Waals surface area (Å²) in [5, 5.41) is 25.3. The van der Waals surface area contributed by atoms with Crippen LogP contribution in [0.2, 0.25) is 0 Å². The maximum atomic E-state index is 12.5. The summed E-state index contributed by atoms with van der Waals surface area (Å²) in [6.07, 6.45) is 0. The van der Waals surface area contributed by atoms with E-state index in [-0.39, 0.29) is 17.3 Å². The lowest BCUT2D eigenvalue weighted by molar-refractivity contribution is 0.0990. The molecule has 0 aliphatic heterocycles. The first-order valence-electron chi connectivity index (χ1n) is 10.7. The van der Waals surface area contributed by atoms with Gasteiger partial charge in [-0.3, -0.25) is 9.89 Å². The van der Waals surface area contributed by atoms with Gasteiger partial charge in [-0.15, -0.1) is 10.2 Å². The number of fused-ring (bicyclic) bond motifs is 1. The molecule has 3 N–H and O–H groups in total. The number of azo groups is 1. The van der Waals surface area contributed by atoms with Crippen molar-refractivity contribution in [2.75, 3.05) is 0 Å².